The molecule has 32 heavy (non-hydrogen) atoms. The minimum Gasteiger partial charge on any atom is -0.381 e. The number of hydrogen-bond acceptors (Lipinski definition) is 3. The molecule has 0 aliphatic carbocycles. The Morgan fingerprint density at radius 3 is 2.34 bits per heavy atom. The molecule has 0 aliphatic heterocycles. The Hall–Kier alpha value is -3.92. The van der Waals surface area contributed by atoms with Crippen LogP contribution in [0.1, 0.15) is 39.5 Å². The smallest absolute Gasteiger partial charge is 0.255 e. The molecule has 3 aromatic carbocycles. The van der Waals surface area contributed by atoms with E-state index >= 15 is 0 Å². The van der Waals surface area contributed by atoms with E-state index in [1.807, 2.05) is 66.7 Å². The zero-order valence-corrected chi connectivity index (χ0v) is 18.2. The van der Waals surface area contributed by atoms with Gasteiger partial charge in [0.25, 0.3) is 5.91 Å². The van der Waals surface area contributed by atoms with E-state index in [1.54, 1.807) is 12.4 Å². The molecule has 0 bridgehead atoms. The summed E-state index contributed by atoms with van der Waals surface area (Å²) in [6.07, 6.45) is 5.42. The molecule has 4 nitrogen and oxygen atoms in total. The van der Waals surface area contributed by atoms with Gasteiger partial charge in [-0.1, -0.05) is 49.4 Å². The second-order valence-electron chi connectivity index (χ2n) is 7.75. The first-order chi connectivity index (χ1) is 15.7. The van der Waals surface area contributed by atoms with E-state index in [1.165, 1.54) is 16.7 Å². The molecule has 0 saturated heterocycles. The van der Waals surface area contributed by atoms with Gasteiger partial charge in [0.1, 0.15) is 0 Å². The minimum absolute atomic E-state index is 0.109. The van der Waals surface area contributed by atoms with Crippen molar-refractivity contribution in [3.63, 3.8) is 0 Å². The highest BCUT2D eigenvalue weighted by Crippen LogP contribution is 2.18. The molecule has 0 unspecified atom stereocenters. The molecule has 160 valence electrons. The van der Waals surface area contributed by atoms with Crippen LogP contribution in [-0.4, -0.2) is 10.9 Å². The number of carbonyl (C=O) groups excluding carboxylic acids is 1. The Kier molecular flexibility index (Phi) is 6.93. The third-order valence-corrected chi connectivity index (χ3v) is 5.44. The van der Waals surface area contributed by atoms with Crippen LogP contribution in [0.3, 0.4) is 0 Å². The minimum atomic E-state index is -0.109. The number of pyridine rings is 1. The number of nitrogens with one attached hydrogen (secondary N) is 2. The Morgan fingerprint density at radius 2 is 1.56 bits per heavy atom. The number of benzene rings is 3. The summed E-state index contributed by atoms with van der Waals surface area (Å²) in [5.41, 5.74) is 7.32. The third kappa shape index (κ3) is 5.61. The van der Waals surface area contributed by atoms with E-state index in [-0.39, 0.29) is 5.91 Å². The summed E-state index contributed by atoms with van der Waals surface area (Å²) >= 11 is 0. The topological polar surface area (TPSA) is 54.0 Å². The van der Waals surface area contributed by atoms with Crippen LogP contribution < -0.4 is 10.6 Å². The molecule has 0 fully saturated rings. The van der Waals surface area contributed by atoms with E-state index < -0.39 is 0 Å². The van der Waals surface area contributed by atoms with Crippen LogP contribution in [0.25, 0.3) is 0 Å². The molecule has 0 saturated carbocycles. The number of rotatable bonds is 8. The van der Waals surface area contributed by atoms with Crippen molar-refractivity contribution < 1.29 is 4.79 Å². The van der Waals surface area contributed by atoms with Crippen LogP contribution >= 0.6 is 0 Å². The third-order valence-electron chi connectivity index (χ3n) is 5.44. The standard InChI is InChI=1S/C28H27N3O/c1-2-24-7-3-4-9-27(24)30-20-23-6-5-8-25(19-23)28(32)31-26-12-10-21(11-13-26)18-22-14-16-29-17-15-22/h3-17,19,30H,2,18,20H2,1H3,(H,31,32). The average Bonchev–Trinajstić information content (AvgIpc) is 2.85. The lowest BCUT2D eigenvalue weighted by atomic mass is 10.1. The first-order valence-electron chi connectivity index (χ1n) is 10.9. The quantitative estimate of drug-likeness (QED) is 0.361. The van der Waals surface area contributed by atoms with Crippen LogP contribution in [-0.2, 0) is 19.4 Å². The number of amides is 1. The van der Waals surface area contributed by atoms with Crippen LogP contribution in [0.15, 0.2) is 97.3 Å². The molecule has 4 heteroatoms. The highest BCUT2D eigenvalue weighted by molar-refractivity contribution is 6.04. The van der Waals surface area contributed by atoms with E-state index in [9.17, 15) is 4.79 Å². The number of aromatic nitrogens is 1. The number of anilines is 2. The fourth-order valence-corrected chi connectivity index (χ4v) is 3.67. The molecule has 1 heterocycles. The molecule has 0 spiro atoms. The van der Waals surface area contributed by atoms with Crippen molar-refractivity contribution in [1.29, 1.82) is 0 Å². The first kappa shape index (κ1) is 21.3. The average molecular weight is 422 g/mol. The van der Waals surface area contributed by atoms with Crippen molar-refractivity contribution in [2.75, 3.05) is 10.6 Å². The highest BCUT2D eigenvalue weighted by atomic mass is 16.1. The van der Waals surface area contributed by atoms with Crippen molar-refractivity contribution in [1.82, 2.24) is 4.98 Å². The zero-order valence-electron chi connectivity index (χ0n) is 18.2. The lowest BCUT2D eigenvalue weighted by Crippen LogP contribution is -2.12. The van der Waals surface area contributed by atoms with Crippen LogP contribution in [0.4, 0.5) is 11.4 Å². The second-order valence-corrected chi connectivity index (χ2v) is 7.75. The SMILES string of the molecule is CCc1ccccc1NCc1cccc(C(=O)Nc2ccc(Cc3ccncc3)cc2)c1. The summed E-state index contributed by atoms with van der Waals surface area (Å²) in [5, 5.41) is 6.49. The monoisotopic (exact) mass is 421 g/mol. The Balaban J connectivity index is 1.37. The maximum absolute atomic E-state index is 12.8. The summed E-state index contributed by atoms with van der Waals surface area (Å²) in [7, 11) is 0. The van der Waals surface area contributed by atoms with Gasteiger partial charge in [-0.15, -0.1) is 0 Å². The van der Waals surface area contributed by atoms with Gasteiger partial charge >= 0.3 is 0 Å². The molecular formula is C28H27N3O. The summed E-state index contributed by atoms with van der Waals surface area (Å²) in [6, 6.07) is 28.1. The Morgan fingerprint density at radius 1 is 0.812 bits per heavy atom. The summed E-state index contributed by atoms with van der Waals surface area (Å²) in [6.45, 7) is 2.82. The van der Waals surface area contributed by atoms with Crippen molar-refractivity contribution in [3.8, 4) is 0 Å². The zero-order chi connectivity index (χ0) is 22.2. The predicted octanol–water partition coefficient (Wildman–Crippen LogP) is 6.10. The van der Waals surface area contributed by atoms with E-state index in [4.69, 9.17) is 0 Å². The molecular weight excluding hydrogens is 394 g/mol. The van der Waals surface area contributed by atoms with Gasteiger partial charge in [0.15, 0.2) is 0 Å². The van der Waals surface area contributed by atoms with Crippen molar-refractivity contribution in [2.45, 2.75) is 26.3 Å². The number of hydrogen-bond donors (Lipinski definition) is 2. The van der Waals surface area contributed by atoms with Gasteiger partial charge in [0.2, 0.25) is 0 Å². The maximum Gasteiger partial charge on any atom is 0.255 e. The largest absolute Gasteiger partial charge is 0.381 e. The molecule has 1 aromatic heterocycles. The lowest BCUT2D eigenvalue weighted by molar-refractivity contribution is 0.102. The number of carbonyl (C=O) groups is 1. The van der Waals surface area contributed by atoms with E-state index in [0.717, 1.165) is 29.8 Å². The van der Waals surface area contributed by atoms with Crippen LogP contribution in [0.5, 0.6) is 0 Å². The second kappa shape index (κ2) is 10.4. The highest BCUT2D eigenvalue weighted by Gasteiger charge is 2.08. The van der Waals surface area contributed by atoms with Crippen molar-refractivity contribution >= 4 is 17.3 Å². The molecule has 2 N–H and O–H groups in total. The Bertz CT molecular complexity index is 1170. The van der Waals surface area contributed by atoms with Gasteiger partial charge in [-0.3, -0.25) is 9.78 Å². The van der Waals surface area contributed by atoms with Crippen molar-refractivity contribution in [3.05, 3.63) is 125 Å². The molecule has 1 amide bonds. The molecule has 0 radical (unpaired) electrons. The number of nitrogens with zero attached hydrogens (tertiary/aromatic N) is 1. The summed E-state index contributed by atoms with van der Waals surface area (Å²) in [5.74, 6) is -0.109. The van der Waals surface area contributed by atoms with Crippen LogP contribution in [0, 0.1) is 0 Å². The van der Waals surface area contributed by atoms with E-state index in [2.05, 4.69) is 40.7 Å². The lowest BCUT2D eigenvalue weighted by Gasteiger charge is -2.12. The first-order valence-corrected chi connectivity index (χ1v) is 10.9. The molecule has 4 rings (SSSR count). The maximum atomic E-state index is 12.8. The number of aryl methyl sites for hydroxylation is 1. The normalized spacial score (nSPS) is 10.5. The van der Waals surface area contributed by atoms with Gasteiger partial charge in [-0.25, -0.2) is 0 Å². The van der Waals surface area contributed by atoms with Crippen LogP contribution in [0.2, 0.25) is 0 Å². The van der Waals surface area contributed by atoms with E-state index in [0.29, 0.717) is 12.1 Å². The molecule has 0 atom stereocenters. The fraction of sp³-hybridized carbons (Fsp3) is 0.143. The van der Waals surface area contributed by atoms with Gasteiger partial charge < -0.3 is 10.6 Å². The fourth-order valence-electron chi connectivity index (χ4n) is 3.67. The Labute approximate surface area is 189 Å². The molecule has 4 aromatic rings. The van der Waals surface area contributed by atoms with Crippen molar-refractivity contribution in [2.24, 2.45) is 0 Å². The number of para-hydroxylation sites is 1. The van der Waals surface area contributed by atoms with Gasteiger partial charge in [0, 0.05) is 35.9 Å². The molecule has 0 aliphatic rings. The predicted molar refractivity (Wildman–Crippen MR) is 131 cm³/mol. The van der Waals surface area contributed by atoms with Gasteiger partial charge in [-0.2, -0.15) is 0 Å². The summed E-state index contributed by atoms with van der Waals surface area (Å²) < 4.78 is 0. The summed E-state index contributed by atoms with van der Waals surface area (Å²) in [4.78, 5) is 16.8. The van der Waals surface area contributed by atoms with Gasteiger partial charge in [-0.05, 0) is 77.6 Å². The van der Waals surface area contributed by atoms with Gasteiger partial charge in [0.05, 0.1) is 0 Å².